The van der Waals surface area contributed by atoms with E-state index in [2.05, 4.69) is 5.32 Å². The quantitative estimate of drug-likeness (QED) is 0.577. The molecule has 0 heterocycles. The third-order valence-corrected chi connectivity index (χ3v) is 2.82. The molecule has 1 amide bonds. The van der Waals surface area contributed by atoms with Gasteiger partial charge in [0.15, 0.2) is 0 Å². The van der Waals surface area contributed by atoms with Crippen LogP contribution in [0.4, 0.5) is 0 Å². The number of aliphatic hydroxyl groups is 1. The van der Waals surface area contributed by atoms with E-state index in [1.807, 2.05) is 18.2 Å². The smallest absolute Gasteiger partial charge is 0.207 e. The van der Waals surface area contributed by atoms with E-state index >= 15 is 0 Å². The normalized spacial score (nSPS) is 11.9. The van der Waals surface area contributed by atoms with Gasteiger partial charge in [-0.15, -0.1) is 0 Å². The molecule has 0 aliphatic heterocycles. The van der Waals surface area contributed by atoms with Gasteiger partial charge >= 0.3 is 0 Å². The molecule has 1 aromatic carbocycles. The van der Waals surface area contributed by atoms with Crippen LogP contribution in [0.2, 0.25) is 0 Å². The van der Waals surface area contributed by atoms with Crippen molar-refractivity contribution in [2.45, 2.75) is 25.5 Å². The van der Waals surface area contributed by atoms with Gasteiger partial charge in [-0.25, -0.2) is 0 Å². The minimum atomic E-state index is -0.539. The van der Waals surface area contributed by atoms with E-state index < -0.39 is 6.10 Å². The number of ether oxygens (including phenoxy) is 1. The van der Waals surface area contributed by atoms with Gasteiger partial charge in [0.05, 0.1) is 13.2 Å². The van der Waals surface area contributed by atoms with Crippen LogP contribution < -0.4 is 15.8 Å². The molecule has 0 saturated carbocycles. The number of aliphatic hydroxyl groups excluding tert-OH is 1. The number of carbonyl (C=O) groups is 1. The molecule has 1 unspecified atom stereocenters. The summed E-state index contributed by atoms with van der Waals surface area (Å²) in [5.41, 5.74) is 7.80. The monoisotopic (exact) mass is 252 g/mol. The summed E-state index contributed by atoms with van der Waals surface area (Å²) in [6.45, 7) is 0.715. The lowest BCUT2D eigenvalue weighted by molar-refractivity contribution is -0.110. The van der Waals surface area contributed by atoms with Crippen molar-refractivity contribution in [1.82, 2.24) is 5.32 Å². The number of aryl methyl sites for hydroxylation is 1. The molecule has 0 aliphatic carbocycles. The minimum Gasteiger partial charge on any atom is -0.497 e. The Bertz CT molecular complexity index is 382. The molecule has 0 aliphatic rings. The number of rotatable bonds is 8. The second-order valence-corrected chi connectivity index (χ2v) is 4.06. The van der Waals surface area contributed by atoms with Crippen LogP contribution in [0.3, 0.4) is 0 Å². The van der Waals surface area contributed by atoms with Crippen LogP contribution in [0.1, 0.15) is 17.5 Å². The molecular formula is C13H20N2O3. The number of amides is 1. The van der Waals surface area contributed by atoms with Crippen molar-refractivity contribution >= 4 is 6.41 Å². The van der Waals surface area contributed by atoms with Gasteiger partial charge in [0.1, 0.15) is 5.75 Å². The summed E-state index contributed by atoms with van der Waals surface area (Å²) in [5, 5.41) is 12.1. The predicted molar refractivity (Wildman–Crippen MR) is 69.3 cm³/mol. The van der Waals surface area contributed by atoms with E-state index in [1.165, 1.54) is 0 Å². The number of methoxy groups -OCH3 is 1. The minimum absolute atomic E-state index is 0.275. The number of carbonyl (C=O) groups excluding carboxylic acids is 1. The Labute approximate surface area is 107 Å². The number of hydrogen-bond donors (Lipinski definition) is 3. The lowest BCUT2D eigenvalue weighted by atomic mass is 10.0. The van der Waals surface area contributed by atoms with Crippen molar-refractivity contribution in [2.75, 3.05) is 13.7 Å². The van der Waals surface area contributed by atoms with Crippen LogP contribution in [0.25, 0.3) is 0 Å². The molecule has 0 spiro atoms. The molecule has 1 atom stereocenters. The van der Waals surface area contributed by atoms with Crippen LogP contribution in [0.15, 0.2) is 18.2 Å². The van der Waals surface area contributed by atoms with E-state index in [9.17, 15) is 9.90 Å². The van der Waals surface area contributed by atoms with Gasteiger partial charge in [0, 0.05) is 13.1 Å². The number of benzene rings is 1. The summed E-state index contributed by atoms with van der Waals surface area (Å²) in [5.74, 6) is 0.780. The van der Waals surface area contributed by atoms with Gasteiger partial charge in [0.2, 0.25) is 6.41 Å². The molecule has 1 rings (SSSR count). The van der Waals surface area contributed by atoms with Crippen molar-refractivity contribution in [3.8, 4) is 5.75 Å². The maximum atomic E-state index is 10.1. The van der Waals surface area contributed by atoms with Crippen LogP contribution in [0, 0.1) is 0 Å². The third kappa shape index (κ3) is 4.35. The first-order valence-corrected chi connectivity index (χ1v) is 5.92. The largest absolute Gasteiger partial charge is 0.497 e. The van der Waals surface area contributed by atoms with Gasteiger partial charge in [-0.2, -0.15) is 0 Å². The molecule has 18 heavy (non-hydrogen) atoms. The molecule has 0 bridgehead atoms. The fraction of sp³-hybridized carbons (Fsp3) is 0.462. The average molecular weight is 252 g/mol. The molecule has 1 aromatic rings. The molecular weight excluding hydrogens is 232 g/mol. The van der Waals surface area contributed by atoms with E-state index in [-0.39, 0.29) is 6.54 Å². The zero-order chi connectivity index (χ0) is 13.4. The van der Waals surface area contributed by atoms with Gasteiger partial charge in [0.25, 0.3) is 0 Å². The summed E-state index contributed by atoms with van der Waals surface area (Å²) in [4.78, 5) is 10.1. The van der Waals surface area contributed by atoms with Gasteiger partial charge < -0.3 is 20.9 Å². The Morgan fingerprint density at radius 1 is 1.50 bits per heavy atom. The van der Waals surface area contributed by atoms with Crippen LogP contribution in [-0.2, 0) is 17.8 Å². The number of nitrogens with one attached hydrogen (secondary N) is 1. The molecule has 4 N–H and O–H groups in total. The van der Waals surface area contributed by atoms with Gasteiger partial charge in [-0.3, -0.25) is 4.79 Å². The first-order chi connectivity index (χ1) is 8.71. The first kappa shape index (κ1) is 14.5. The van der Waals surface area contributed by atoms with E-state index in [1.54, 1.807) is 7.11 Å². The van der Waals surface area contributed by atoms with Gasteiger partial charge in [-0.05, 0) is 36.1 Å². The Balaban J connectivity index is 2.58. The molecule has 100 valence electrons. The highest BCUT2D eigenvalue weighted by Gasteiger charge is 2.07. The Morgan fingerprint density at radius 3 is 2.89 bits per heavy atom. The summed E-state index contributed by atoms with van der Waals surface area (Å²) in [6.07, 6.45) is 1.35. The lowest BCUT2D eigenvalue weighted by Crippen LogP contribution is -2.26. The number of nitrogens with two attached hydrogens (primary N) is 1. The van der Waals surface area contributed by atoms with Crippen LogP contribution in [0.5, 0.6) is 5.75 Å². The van der Waals surface area contributed by atoms with Crippen molar-refractivity contribution < 1.29 is 14.6 Å². The fourth-order valence-corrected chi connectivity index (χ4v) is 1.77. The average Bonchev–Trinajstić information content (AvgIpc) is 2.42. The molecule has 0 fully saturated rings. The molecule has 0 radical (unpaired) electrons. The van der Waals surface area contributed by atoms with Crippen molar-refractivity contribution in [2.24, 2.45) is 5.73 Å². The van der Waals surface area contributed by atoms with Gasteiger partial charge in [-0.1, -0.05) is 6.07 Å². The van der Waals surface area contributed by atoms with Crippen LogP contribution >= 0.6 is 0 Å². The maximum Gasteiger partial charge on any atom is 0.207 e. The highest BCUT2D eigenvalue weighted by molar-refractivity contribution is 5.45. The Hall–Kier alpha value is -1.59. The fourth-order valence-electron chi connectivity index (χ4n) is 1.77. The zero-order valence-corrected chi connectivity index (χ0v) is 10.6. The lowest BCUT2D eigenvalue weighted by Gasteiger charge is -2.13. The molecule has 0 aromatic heterocycles. The molecule has 5 heteroatoms. The summed E-state index contributed by atoms with van der Waals surface area (Å²) >= 11 is 0. The summed E-state index contributed by atoms with van der Waals surface area (Å²) in [7, 11) is 1.62. The van der Waals surface area contributed by atoms with Crippen LogP contribution in [-0.4, -0.2) is 31.3 Å². The zero-order valence-electron chi connectivity index (χ0n) is 10.6. The molecule has 5 nitrogen and oxygen atoms in total. The second kappa shape index (κ2) is 7.68. The van der Waals surface area contributed by atoms with Crippen molar-refractivity contribution in [1.29, 1.82) is 0 Å². The SMILES string of the molecule is COc1ccc(CCC(O)CNC=O)c(CN)c1. The first-order valence-electron chi connectivity index (χ1n) is 5.92. The highest BCUT2D eigenvalue weighted by atomic mass is 16.5. The topological polar surface area (TPSA) is 84.6 Å². The molecule has 0 saturated heterocycles. The highest BCUT2D eigenvalue weighted by Crippen LogP contribution is 2.19. The third-order valence-electron chi connectivity index (χ3n) is 2.82. The standard InChI is InChI=1S/C13H20N2O3/c1-18-13-5-3-10(11(6-13)7-14)2-4-12(17)8-15-9-16/h3,5-6,9,12,17H,2,4,7-8,14H2,1H3,(H,15,16). The summed E-state index contributed by atoms with van der Waals surface area (Å²) in [6, 6.07) is 5.75. The van der Waals surface area contributed by atoms with E-state index in [0.29, 0.717) is 19.4 Å². The summed E-state index contributed by atoms with van der Waals surface area (Å²) < 4.78 is 5.14. The van der Waals surface area contributed by atoms with Crippen molar-refractivity contribution in [3.63, 3.8) is 0 Å². The van der Waals surface area contributed by atoms with E-state index in [0.717, 1.165) is 23.3 Å². The number of hydrogen-bond acceptors (Lipinski definition) is 4. The van der Waals surface area contributed by atoms with Crippen molar-refractivity contribution in [3.05, 3.63) is 29.3 Å². The Morgan fingerprint density at radius 2 is 2.28 bits per heavy atom. The second-order valence-electron chi connectivity index (χ2n) is 4.06. The predicted octanol–water partition coefficient (Wildman–Crippen LogP) is 0.193. The maximum absolute atomic E-state index is 10.1. The Kier molecular flexibility index (Phi) is 6.18. The van der Waals surface area contributed by atoms with E-state index in [4.69, 9.17) is 10.5 Å².